The lowest BCUT2D eigenvalue weighted by Gasteiger charge is -2.21. The van der Waals surface area contributed by atoms with Gasteiger partial charge in [-0.25, -0.2) is 13.1 Å². The van der Waals surface area contributed by atoms with Crippen molar-refractivity contribution < 1.29 is 13.2 Å². The number of anilines is 1. The predicted molar refractivity (Wildman–Crippen MR) is 110 cm³/mol. The number of aromatic nitrogens is 2. The number of halogens is 1. The molecule has 7 nitrogen and oxygen atoms in total. The summed E-state index contributed by atoms with van der Waals surface area (Å²) in [5.41, 5.74) is 1.34. The molecule has 3 N–H and O–H groups in total. The Hall–Kier alpha value is -2.42. The first-order chi connectivity index (χ1) is 13.0. The number of hydrogen-bond donors (Lipinski definition) is 3. The lowest BCUT2D eigenvalue weighted by molar-refractivity contribution is 0.102. The van der Waals surface area contributed by atoms with Gasteiger partial charge in [0.05, 0.1) is 10.4 Å². The largest absolute Gasteiger partial charge is 0.320 e. The number of carbonyl (C=O) groups is 1. The molecule has 28 heavy (non-hydrogen) atoms. The van der Waals surface area contributed by atoms with Crippen molar-refractivity contribution in [2.24, 2.45) is 0 Å². The lowest BCUT2D eigenvalue weighted by atomic mass is 10.1. The third kappa shape index (κ3) is 4.35. The Bertz CT molecular complexity index is 1160. The van der Waals surface area contributed by atoms with E-state index in [4.69, 9.17) is 11.6 Å². The molecule has 2 aromatic carbocycles. The summed E-state index contributed by atoms with van der Waals surface area (Å²) in [4.78, 5) is 12.8. The summed E-state index contributed by atoms with van der Waals surface area (Å²) in [7, 11) is -3.73. The highest BCUT2D eigenvalue weighted by Gasteiger charge is 2.23. The second kappa shape index (κ2) is 7.20. The van der Waals surface area contributed by atoms with Gasteiger partial charge in [-0.1, -0.05) is 17.7 Å². The van der Waals surface area contributed by atoms with Crippen LogP contribution >= 0.6 is 11.6 Å². The molecule has 1 heterocycles. The van der Waals surface area contributed by atoms with Gasteiger partial charge < -0.3 is 5.32 Å². The van der Waals surface area contributed by atoms with Crippen molar-refractivity contribution in [2.45, 2.75) is 38.1 Å². The zero-order valence-corrected chi connectivity index (χ0v) is 17.5. The minimum absolute atomic E-state index is 0.0678. The zero-order chi connectivity index (χ0) is 20.7. The van der Waals surface area contributed by atoms with E-state index in [1.54, 1.807) is 52.0 Å². The normalized spacial score (nSPS) is 12.3. The average Bonchev–Trinajstić information content (AvgIpc) is 2.97. The van der Waals surface area contributed by atoms with E-state index >= 15 is 0 Å². The second-order valence-corrected chi connectivity index (χ2v) is 9.67. The third-order valence-corrected chi connectivity index (χ3v) is 5.94. The number of rotatable bonds is 4. The quantitative estimate of drug-likeness (QED) is 0.596. The molecule has 148 valence electrons. The minimum atomic E-state index is -3.73. The number of nitrogens with one attached hydrogen (secondary N) is 3. The smallest absolute Gasteiger partial charge is 0.276 e. The predicted octanol–water partition coefficient (Wildman–Crippen LogP) is 3.85. The van der Waals surface area contributed by atoms with Crippen LogP contribution in [0.1, 0.15) is 36.8 Å². The van der Waals surface area contributed by atoms with Crippen LogP contribution in [0.15, 0.2) is 41.3 Å². The van der Waals surface area contributed by atoms with Gasteiger partial charge in [0, 0.05) is 21.6 Å². The Labute approximate surface area is 168 Å². The topological polar surface area (TPSA) is 104 Å². The van der Waals surface area contributed by atoms with Crippen LogP contribution in [0.3, 0.4) is 0 Å². The molecule has 0 saturated carbocycles. The fourth-order valence-corrected chi connectivity index (χ4v) is 4.32. The van der Waals surface area contributed by atoms with E-state index in [2.05, 4.69) is 20.2 Å². The Morgan fingerprint density at radius 2 is 1.86 bits per heavy atom. The van der Waals surface area contributed by atoms with Gasteiger partial charge >= 0.3 is 0 Å². The first-order valence-electron chi connectivity index (χ1n) is 8.56. The van der Waals surface area contributed by atoms with Gasteiger partial charge in [-0.3, -0.25) is 9.89 Å². The molecular formula is C19H21ClN4O3S. The van der Waals surface area contributed by atoms with E-state index in [0.717, 1.165) is 5.56 Å². The Kier molecular flexibility index (Phi) is 5.22. The molecule has 0 unspecified atom stereocenters. The summed E-state index contributed by atoms with van der Waals surface area (Å²) in [5, 5.41) is 10.7. The monoisotopic (exact) mass is 420 g/mol. The van der Waals surface area contributed by atoms with Gasteiger partial charge in [-0.15, -0.1) is 0 Å². The van der Waals surface area contributed by atoms with E-state index in [1.807, 2.05) is 0 Å². The molecule has 3 aromatic rings. The zero-order valence-electron chi connectivity index (χ0n) is 15.9. The minimum Gasteiger partial charge on any atom is -0.320 e. The lowest BCUT2D eigenvalue weighted by Crippen LogP contribution is -2.40. The molecule has 0 atom stereocenters. The number of amides is 1. The number of aromatic amines is 1. The molecule has 3 rings (SSSR count). The number of sulfonamides is 1. The molecule has 0 aliphatic rings. The van der Waals surface area contributed by atoms with Gasteiger partial charge in [0.25, 0.3) is 5.91 Å². The molecule has 1 aromatic heterocycles. The van der Waals surface area contributed by atoms with Crippen molar-refractivity contribution in [1.82, 2.24) is 14.9 Å². The van der Waals surface area contributed by atoms with Crippen molar-refractivity contribution in [1.29, 1.82) is 0 Å². The molecule has 0 aliphatic carbocycles. The van der Waals surface area contributed by atoms with E-state index < -0.39 is 21.5 Å². The highest BCUT2D eigenvalue weighted by Crippen LogP contribution is 2.24. The van der Waals surface area contributed by atoms with E-state index in [1.165, 1.54) is 12.1 Å². The van der Waals surface area contributed by atoms with Crippen LogP contribution in [0.25, 0.3) is 10.9 Å². The third-order valence-electron chi connectivity index (χ3n) is 3.95. The van der Waals surface area contributed by atoms with E-state index in [9.17, 15) is 13.2 Å². The fraction of sp³-hybridized carbons (Fsp3) is 0.263. The van der Waals surface area contributed by atoms with Gasteiger partial charge in [0.2, 0.25) is 10.0 Å². The molecule has 1 amide bonds. The summed E-state index contributed by atoms with van der Waals surface area (Å²) in [6.07, 6.45) is 0. The Morgan fingerprint density at radius 1 is 1.14 bits per heavy atom. The SMILES string of the molecule is Cc1ccc(S(=O)(=O)NC(C)(C)C)cc1NC(=O)c1n[nH]c2ccc(Cl)cc12. The number of aryl methyl sites for hydroxylation is 1. The van der Waals surface area contributed by atoms with E-state index in [-0.39, 0.29) is 10.6 Å². The Balaban J connectivity index is 1.94. The van der Waals surface area contributed by atoms with Crippen molar-refractivity contribution in [3.63, 3.8) is 0 Å². The first kappa shape index (κ1) is 20.3. The van der Waals surface area contributed by atoms with Gasteiger partial charge in [0.1, 0.15) is 0 Å². The van der Waals surface area contributed by atoms with Crippen LogP contribution in [0, 0.1) is 6.92 Å². The standard InChI is InChI=1S/C19H21ClN4O3S/c1-11-5-7-13(28(26,27)24-19(2,3)4)10-16(11)21-18(25)17-14-9-12(20)6-8-15(14)22-23-17/h5-10,24H,1-4H3,(H,21,25)(H,22,23). The molecule has 0 radical (unpaired) electrons. The molecular weight excluding hydrogens is 400 g/mol. The molecule has 0 aliphatic heterocycles. The number of carbonyl (C=O) groups excluding carboxylic acids is 1. The summed E-state index contributed by atoms with van der Waals surface area (Å²) >= 11 is 6.01. The maximum Gasteiger partial charge on any atom is 0.276 e. The molecule has 0 fully saturated rings. The van der Waals surface area contributed by atoms with Crippen LogP contribution in [-0.4, -0.2) is 30.1 Å². The van der Waals surface area contributed by atoms with Crippen LogP contribution in [-0.2, 0) is 10.0 Å². The highest BCUT2D eigenvalue weighted by atomic mass is 35.5. The maximum atomic E-state index is 12.7. The molecule has 0 saturated heterocycles. The van der Waals surface area contributed by atoms with Crippen LogP contribution in [0.2, 0.25) is 5.02 Å². The van der Waals surface area contributed by atoms with Gasteiger partial charge in [0.15, 0.2) is 5.69 Å². The van der Waals surface area contributed by atoms with Crippen molar-refractivity contribution in [2.75, 3.05) is 5.32 Å². The van der Waals surface area contributed by atoms with Crippen LogP contribution in [0.5, 0.6) is 0 Å². The average molecular weight is 421 g/mol. The van der Waals surface area contributed by atoms with E-state index in [0.29, 0.717) is 21.6 Å². The summed E-state index contributed by atoms with van der Waals surface area (Å²) in [6, 6.07) is 9.66. The second-order valence-electron chi connectivity index (χ2n) is 7.55. The molecule has 9 heteroatoms. The molecule has 0 spiro atoms. The van der Waals surface area contributed by atoms with Crippen molar-refractivity contribution in [3.05, 3.63) is 52.7 Å². The number of benzene rings is 2. The highest BCUT2D eigenvalue weighted by molar-refractivity contribution is 7.89. The maximum absolute atomic E-state index is 12.7. The number of nitrogens with zero attached hydrogens (tertiary/aromatic N) is 1. The number of H-pyrrole nitrogens is 1. The van der Waals surface area contributed by atoms with Gasteiger partial charge in [-0.05, 0) is 63.6 Å². The number of fused-ring (bicyclic) bond motifs is 1. The van der Waals surface area contributed by atoms with Crippen molar-refractivity contribution >= 4 is 44.1 Å². The summed E-state index contributed by atoms with van der Waals surface area (Å²) in [5.74, 6) is -0.463. The van der Waals surface area contributed by atoms with Gasteiger partial charge in [-0.2, -0.15) is 5.10 Å². The summed E-state index contributed by atoms with van der Waals surface area (Å²) in [6.45, 7) is 7.06. The van der Waals surface area contributed by atoms with Crippen LogP contribution in [0.4, 0.5) is 5.69 Å². The fourth-order valence-electron chi connectivity index (χ4n) is 2.71. The Morgan fingerprint density at radius 3 is 2.54 bits per heavy atom. The number of hydrogen-bond acceptors (Lipinski definition) is 4. The first-order valence-corrected chi connectivity index (χ1v) is 10.4. The van der Waals surface area contributed by atoms with Crippen LogP contribution < -0.4 is 10.0 Å². The van der Waals surface area contributed by atoms with Crippen molar-refractivity contribution in [3.8, 4) is 0 Å². The molecule has 0 bridgehead atoms. The summed E-state index contributed by atoms with van der Waals surface area (Å²) < 4.78 is 27.8.